The number of anilines is 2. The summed E-state index contributed by atoms with van der Waals surface area (Å²) in [7, 11) is 0. The van der Waals surface area contributed by atoms with Crippen molar-refractivity contribution in [3.05, 3.63) is 54.2 Å². The Kier molecular flexibility index (Phi) is 4.56. The van der Waals surface area contributed by atoms with Gasteiger partial charge in [0.05, 0.1) is 0 Å². The largest absolute Gasteiger partial charge is 0.353 e. The number of piperazine rings is 1. The SMILES string of the molecule is O=C(C(=O)N1CCCc2ccccc21)N1CCN(c2ccccn2)CC1. The summed E-state index contributed by atoms with van der Waals surface area (Å²) in [5.41, 5.74) is 2.02. The highest BCUT2D eigenvalue weighted by atomic mass is 16.2. The van der Waals surface area contributed by atoms with E-state index in [1.165, 1.54) is 0 Å². The number of nitrogens with zero attached hydrogens (tertiary/aromatic N) is 4. The van der Waals surface area contributed by atoms with Crippen molar-refractivity contribution in [3.63, 3.8) is 0 Å². The number of aryl methyl sites for hydroxylation is 1. The molecule has 26 heavy (non-hydrogen) atoms. The number of fused-ring (bicyclic) bond motifs is 1. The number of para-hydroxylation sites is 1. The molecule has 2 amide bonds. The number of carbonyl (C=O) groups excluding carboxylic acids is 2. The van der Waals surface area contributed by atoms with Crippen molar-refractivity contribution in [2.75, 3.05) is 42.5 Å². The molecule has 0 spiro atoms. The predicted molar refractivity (Wildman–Crippen MR) is 100 cm³/mol. The van der Waals surface area contributed by atoms with Crippen molar-refractivity contribution >= 4 is 23.3 Å². The van der Waals surface area contributed by atoms with Crippen molar-refractivity contribution in [1.29, 1.82) is 0 Å². The lowest BCUT2D eigenvalue weighted by molar-refractivity contribution is -0.144. The maximum absolute atomic E-state index is 12.8. The number of carbonyl (C=O) groups is 2. The monoisotopic (exact) mass is 350 g/mol. The molecule has 0 unspecified atom stereocenters. The van der Waals surface area contributed by atoms with Crippen LogP contribution in [-0.2, 0) is 16.0 Å². The molecule has 0 radical (unpaired) electrons. The normalized spacial score (nSPS) is 17.0. The fourth-order valence-electron chi connectivity index (χ4n) is 3.67. The first-order chi connectivity index (χ1) is 12.7. The van der Waals surface area contributed by atoms with Crippen molar-refractivity contribution in [2.45, 2.75) is 12.8 Å². The van der Waals surface area contributed by atoms with Crippen LogP contribution in [0, 0.1) is 0 Å². The number of aromatic nitrogens is 1. The number of rotatable bonds is 1. The molecule has 6 nitrogen and oxygen atoms in total. The lowest BCUT2D eigenvalue weighted by Gasteiger charge is -2.36. The molecule has 0 aliphatic carbocycles. The molecule has 1 aromatic heterocycles. The lowest BCUT2D eigenvalue weighted by Crippen LogP contribution is -2.54. The van der Waals surface area contributed by atoms with Gasteiger partial charge in [0, 0.05) is 44.6 Å². The lowest BCUT2D eigenvalue weighted by atomic mass is 10.0. The minimum atomic E-state index is -0.413. The zero-order valence-corrected chi connectivity index (χ0v) is 14.7. The first-order valence-electron chi connectivity index (χ1n) is 9.09. The molecular formula is C20H22N4O2. The summed E-state index contributed by atoms with van der Waals surface area (Å²) in [6.45, 7) is 3.06. The summed E-state index contributed by atoms with van der Waals surface area (Å²) >= 11 is 0. The van der Waals surface area contributed by atoms with Crippen LogP contribution < -0.4 is 9.80 Å². The Morgan fingerprint density at radius 2 is 1.62 bits per heavy atom. The first-order valence-corrected chi connectivity index (χ1v) is 9.09. The van der Waals surface area contributed by atoms with Gasteiger partial charge in [0.1, 0.15) is 5.82 Å². The fourth-order valence-corrected chi connectivity index (χ4v) is 3.67. The molecule has 2 aliphatic heterocycles. The van der Waals surface area contributed by atoms with E-state index in [1.54, 1.807) is 16.0 Å². The zero-order valence-electron chi connectivity index (χ0n) is 14.7. The van der Waals surface area contributed by atoms with Crippen LogP contribution in [-0.4, -0.2) is 54.4 Å². The highest BCUT2D eigenvalue weighted by molar-refractivity contribution is 6.40. The maximum Gasteiger partial charge on any atom is 0.316 e. The Morgan fingerprint density at radius 1 is 0.846 bits per heavy atom. The Hall–Kier alpha value is -2.89. The summed E-state index contributed by atoms with van der Waals surface area (Å²) in [4.78, 5) is 35.4. The number of hydrogen-bond donors (Lipinski definition) is 0. The Labute approximate surface area is 153 Å². The van der Waals surface area contributed by atoms with Gasteiger partial charge in [-0.15, -0.1) is 0 Å². The van der Waals surface area contributed by atoms with Gasteiger partial charge in [-0.05, 0) is 36.6 Å². The standard InChI is InChI=1S/C20H22N4O2/c25-19(20(26)24-11-5-7-16-6-1-2-8-17(16)24)23-14-12-22(13-15-23)18-9-3-4-10-21-18/h1-4,6,8-10H,5,7,11-15H2. The third-order valence-corrected chi connectivity index (χ3v) is 5.08. The molecule has 0 bridgehead atoms. The molecule has 1 fully saturated rings. The molecule has 3 heterocycles. The molecule has 2 aliphatic rings. The number of amides is 2. The van der Waals surface area contributed by atoms with Crippen molar-refractivity contribution in [1.82, 2.24) is 9.88 Å². The maximum atomic E-state index is 12.8. The summed E-state index contributed by atoms with van der Waals surface area (Å²) in [5.74, 6) is 0.0988. The van der Waals surface area contributed by atoms with Crippen LogP contribution in [0.4, 0.5) is 11.5 Å². The highest BCUT2D eigenvalue weighted by Crippen LogP contribution is 2.27. The van der Waals surface area contributed by atoms with E-state index < -0.39 is 11.8 Å². The van der Waals surface area contributed by atoms with Gasteiger partial charge < -0.3 is 14.7 Å². The second kappa shape index (κ2) is 7.15. The number of pyridine rings is 1. The zero-order chi connectivity index (χ0) is 17.9. The Balaban J connectivity index is 1.42. The average molecular weight is 350 g/mol. The average Bonchev–Trinajstić information content (AvgIpc) is 2.73. The summed E-state index contributed by atoms with van der Waals surface area (Å²) in [6, 6.07) is 13.7. The molecule has 134 valence electrons. The molecule has 0 atom stereocenters. The van der Waals surface area contributed by atoms with Crippen LogP contribution in [0.25, 0.3) is 0 Å². The molecule has 2 aromatic rings. The first kappa shape index (κ1) is 16.6. The van der Waals surface area contributed by atoms with Gasteiger partial charge in [-0.25, -0.2) is 4.98 Å². The van der Waals surface area contributed by atoms with E-state index in [4.69, 9.17) is 0 Å². The summed E-state index contributed by atoms with van der Waals surface area (Å²) in [5, 5.41) is 0. The minimum Gasteiger partial charge on any atom is -0.353 e. The van der Waals surface area contributed by atoms with Gasteiger partial charge >= 0.3 is 11.8 Å². The second-order valence-corrected chi connectivity index (χ2v) is 6.66. The number of hydrogen-bond acceptors (Lipinski definition) is 4. The van der Waals surface area contributed by atoms with Gasteiger partial charge in [-0.3, -0.25) is 9.59 Å². The second-order valence-electron chi connectivity index (χ2n) is 6.66. The molecule has 1 saturated heterocycles. The van der Waals surface area contributed by atoms with Crippen LogP contribution >= 0.6 is 0 Å². The molecular weight excluding hydrogens is 328 g/mol. The fraction of sp³-hybridized carbons (Fsp3) is 0.350. The van der Waals surface area contributed by atoms with Gasteiger partial charge in [-0.1, -0.05) is 24.3 Å². The van der Waals surface area contributed by atoms with Crippen LogP contribution in [0.1, 0.15) is 12.0 Å². The molecule has 0 N–H and O–H groups in total. The Morgan fingerprint density at radius 3 is 2.38 bits per heavy atom. The number of benzene rings is 1. The van der Waals surface area contributed by atoms with Crippen LogP contribution in [0.2, 0.25) is 0 Å². The summed E-state index contributed by atoms with van der Waals surface area (Å²) < 4.78 is 0. The van der Waals surface area contributed by atoms with E-state index in [-0.39, 0.29) is 0 Å². The predicted octanol–water partition coefficient (Wildman–Crippen LogP) is 1.71. The van der Waals surface area contributed by atoms with E-state index in [9.17, 15) is 9.59 Å². The molecule has 6 heteroatoms. The van der Waals surface area contributed by atoms with Crippen molar-refractivity contribution in [3.8, 4) is 0 Å². The highest BCUT2D eigenvalue weighted by Gasteiger charge is 2.32. The Bertz CT molecular complexity index is 800. The van der Waals surface area contributed by atoms with Gasteiger partial charge in [0.15, 0.2) is 0 Å². The third kappa shape index (κ3) is 3.14. The van der Waals surface area contributed by atoms with E-state index in [0.717, 1.165) is 29.9 Å². The van der Waals surface area contributed by atoms with Gasteiger partial charge in [0.25, 0.3) is 0 Å². The van der Waals surface area contributed by atoms with Crippen molar-refractivity contribution in [2.24, 2.45) is 0 Å². The molecule has 4 rings (SSSR count). The topological polar surface area (TPSA) is 56.8 Å². The van der Waals surface area contributed by atoms with Crippen LogP contribution in [0.15, 0.2) is 48.7 Å². The third-order valence-electron chi connectivity index (χ3n) is 5.08. The van der Waals surface area contributed by atoms with Gasteiger partial charge in [-0.2, -0.15) is 0 Å². The van der Waals surface area contributed by atoms with E-state index >= 15 is 0 Å². The molecule has 1 aromatic carbocycles. The minimum absolute atomic E-state index is 0.401. The molecule has 0 saturated carbocycles. The quantitative estimate of drug-likeness (QED) is 0.735. The van der Waals surface area contributed by atoms with Crippen LogP contribution in [0.5, 0.6) is 0 Å². The van der Waals surface area contributed by atoms with E-state index in [0.29, 0.717) is 32.7 Å². The van der Waals surface area contributed by atoms with Crippen LogP contribution in [0.3, 0.4) is 0 Å². The van der Waals surface area contributed by atoms with E-state index in [1.807, 2.05) is 42.5 Å². The van der Waals surface area contributed by atoms with Gasteiger partial charge in [0.2, 0.25) is 0 Å². The van der Waals surface area contributed by atoms with Crippen molar-refractivity contribution < 1.29 is 9.59 Å². The smallest absolute Gasteiger partial charge is 0.316 e. The van der Waals surface area contributed by atoms with E-state index in [2.05, 4.69) is 9.88 Å². The summed E-state index contributed by atoms with van der Waals surface area (Å²) in [6.07, 6.45) is 3.62.